The van der Waals surface area contributed by atoms with E-state index in [1.165, 1.54) is 7.11 Å². The number of rotatable bonds is 18. The number of aliphatic carboxylic acids is 3. The molecule has 0 aromatic rings. The highest BCUT2D eigenvalue weighted by atomic mass is 16.5. The van der Waals surface area contributed by atoms with Crippen LogP contribution in [0.15, 0.2) is 0 Å². The lowest BCUT2D eigenvalue weighted by Crippen LogP contribution is -2.48. The van der Waals surface area contributed by atoms with E-state index in [9.17, 15) is 24.3 Å². The Balaban J connectivity index is 4.70. The van der Waals surface area contributed by atoms with E-state index in [1.54, 1.807) is 4.90 Å². The third kappa shape index (κ3) is 13.9. The zero-order valence-electron chi connectivity index (χ0n) is 16.0. The minimum Gasteiger partial charge on any atom is -0.480 e. The van der Waals surface area contributed by atoms with Crippen LogP contribution in [0.5, 0.6) is 0 Å². The van der Waals surface area contributed by atoms with Gasteiger partial charge in [-0.15, -0.1) is 0 Å². The van der Waals surface area contributed by atoms with Gasteiger partial charge in [0.15, 0.2) is 0 Å². The predicted octanol–water partition coefficient (Wildman–Crippen LogP) is -2.37. The molecule has 6 N–H and O–H groups in total. The van der Waals surface area contributed by atoms with Crippen molar-refractivity contribution < 1.29 is 39.2 Å². The van der Waals surface area contributed by atoms with Gasteiger partial charge < -0.3 is 36.0 Å². The molecule has 0 heterocycles. The lowest BCUT2D eigenvalue weighted by Gasteiger charge is -2.29. The fraction of sp³-hybridized carbons (Fsp3) is 0.750. The van der Waals surface area contributed by atoms with Crippen molar-refractivity contribution in [2.75, 3.05) is 59.5 Å². The number of nitrogens with zero attached hydrogens (tertiary/aromatic N) is 1. The summed E-state index contributed by atoms with van der Waals surface area (Å²) in [5.41, 5.74) is 0. The molecule has 12 nitrogen and oxygen atoms in total. The van der Waals surface area contributed by atoms with Gasteiger partial charge in [0, 0.05) is 46.3 Å². The summed E-state index contributed by atoms with van der Waals surface area (Å²) in [6.45, 7) is 1.08. The fourth-order valence-corrected chi connectivity index (χ4v) is 2.37. The first-order valence-corrected chi connectivity index (χ1v) is 8.85. The quantitative estimate of drug-likeness (QED) is 0.134. The first-order chi connectivity index (χ1) is 13.3. The molecule has 1 atom stereocenters. The van der Waals surface area contributed by atoms with Crippen LogP contribution >= 0.6 is 0 Å². The summed E-state index contributed by atoms with van der Waals surface area (Å²) < 4.78 is 4.82. The number of methoxy groups -OCH3 is 1. The van der Waals surface area contributed by atoms with Gasteiger partial charge in [0.1, 0.15) is 6.04 Å². The van der Waals surface area contributed by atoms with Gasteiger partial charge in [-0.1, -0.05) is 0 Å². The third-order valence-corrected chi connectivity index (χ3v) is 3.70. The van der Waals surface area contributed by atoms with E-state index < -0.39 is 23.9 Å². The standard InChI is InChI=1S/C16H30N4O8/c1-28-9-6-19-13(21)3-2-12(16(26)27)20(7-4-17-10-14(22)23)8-5-18-11-15(24)25/h12,17-18H,2-11H2,1H3,(H,19,21)(H,22,23)(H,24,25)(H,26,27)/t12-/m0/s1. The molecule has 28 heavy (non-hydrogen) atoms. The van der Waals surface area contributed by atoms with E-state index in [0.717, 1.165) is 0 Å². The van der Waals surface area contributed by atoms with E-state index in [-0.39, 0.29) is 58.0 Å². The largest absolute Gasteiger partial charge is 0.480 e. The highest BCUT2D eigenvalue weighted by molar-refractivity contribution is 5.78. The molecule has 0 spiro atoms. The molecule has 0 saturated carbocycles. The molecule has 0 rings (SSSR count). The minimum absolute atomic E-state index is 0.00227. The van der Waals surface area contributed by atoms with Crippen molar-refractivity contribution in [3.63, 3.8) is 0 Å². The molecule has 0 aromatic heterocycles. The number of carbonyl (C=O) groups is 4. The van der Waals surface area contributed by atoms with Crippen molar-refractivity contribution >= 4 is 23.8 Å². The maximum atomic E-state index is 11.8. The summed E-state index contributed by atoms with van der Waals surface area (Å²) in [5, 5.41) is 34.8. The number of carboxylic acid groups (broad SMARTS) is 3. The third-order valence-electron chi connectivity index (χ3n) is 3.70. The summed E-state index contributed by atoms with van der Waals surface area (Å²) in [6.07, 6.45) is 0.0638. The monoisotopic (exact) mass is 406 g/mol. The molecule has 0 saturated heterocycles. The van der Waals surface area contributed by atoms with Crippen molar-refractivity contribution in [3.05, 3.63) is 0 Å². The van der Waals surface area contributed by atoms with Crippen molar-refractivity contribution in [2.24, 2.45) is 0 Å². The van der Waals surface area contributed by atoms with E-state index in [0.29, 0.717) is 13.2 Å². The van der Waals surface area contributed by atoms with E-state index in [4.69, 9.17) is 14.9 Å². The Kier molecular flexibility index (Phi) is 14.5. The van der Waals surface area contributed by atoms with E-state index in [1.807, 2.05) is 0 Å². The number of amides is 1. The van der Waals surface area contributed by atoms with Gasteiger partial charge in [-0.2, -0.15) is 0 Å². The van der Waals surface area contributed by atoms with E-state index >= 15 is 0 Å². The number of carbonyl (C=O) groups excluding carboxylic acids is 1. The number of carboxylic acids is 3. The van der Waals surface area contributed by atoms with Crippen LogP contribution in [0.1, 0.15) is 12.8 Å². The lowest BCUT2D eigenvalue weighted by atomic mass is 10.1. The van der Waals surface area contributed by atoms with Crippen LogP contribution in [0.3, 0.4) is 0 Å². The Morgan fingerprint density at radius 3 is 1.89 bits per heavy atom. The number of ether oxygens (including phenoxy) is 1. The maximum absolute atomic E-state index is 11.8. The van der Waals surface area contributed by atoms with Gasteiger partial charge in [-0.05, 0) is 6.42 Å². The van der Waals surface area contributed by atoms with Crippen LogP contribution in [0.4, 0.5) is 0 Å². The summed E-state index contributed by atoms with van der Waals surface area (Å²) in [6, 6.07) is -0.966. The van der Waals surface area contributed by atoms with Gasteiger partial charge in [-0.3, -0.25) is 24.1 Å². The average molecular weight is 406 g/mol. The summed E-state index contributed by atoms with van der Waals surface area (Å²) in [5.74, 6) is -3.47. The number of hydrogen-bond acceptors (Lipinski definition) is 8. The molecule has 0 unspecified atom stereocenters. The van der Waals surface area contributed by atoms with Gasteiger partial charge >= 0.3 is 17.9 Å². The lowest BCUT2D eigenvalue weighted by molar-refractivity contribution is -0.144. The molecule has 0 aliphatic heterocycles. The highest BCUT2D eigenvalue weighted by Crippen LogP contribution is 2.08. The second kappa shape index (κ2) is 15.7. The molecule has 0 radical (unpaired) electrons. The normalized spacial score (nSPS) is 11.9. The SMILES string of the molecule is COCCNC(=O)CC[C@@H](C(=O)O)N(CCNCC(=O)O)CCNCC(=O)O. The Labute approximate surface area is 163 Å². The van der Waals surface area contributed by atoms with Gasteiger partial charge in [0.05, 0.1) is 19.7 Å². The number of hydrogen-bond donors (Lipinski definition) is 6. The van der Waals surface area contributed by atoms with Crippen LogP contribution in [0.25, 0.3) is 0 Å². The first-order valence-electron chi connectivity index (χ1n) is 8.85. The second-order valence-electron chi connectivity index (χ2n) is 5.91. The van der Waals surface area contributed by atoms with Crippen molar-refractivity contribution in [2.45, 2.75) is 18.9 Å². The van der Waals surface area contributed by atoms with Gasteiger partial charge in [0.25, 0.3) is 0 Å². The van der Waals surface area contributed by atoms with Gasteiger partial charge in [0.2, 0.25) is 5.91 Å². The Morgan fingerprint density at radius 1 is 0.929 bits per heavy atom. The average Bonchev–Trinajstić information content (AvgIpc) is 2.61. The Bertz CT molecular complexity index is 481. The molecule has 0 aliphatic rings. The molecule has 1 amide bonds. The van der Waals surface area contributed by atoms with Crippen molar-refractivity contribution in [1.82, 2.24) is 20.9 Å². The highest BCUT2D eigenvalue weighted by Gasteiger charge is 2.25. The van der Waals surface area contributed by atoms with Crippen LogP contribution in [-0.4, -0.2) is 110 Å². The molecule has 0 aromatic carbocycles. The zero-order chi connectivity index (χ0) is 21.4. The molecule has 0 aliphatic carbocycles. The van der Waals surface area contributed by atoms with Crippen LogP contribution in [0, 0.1) is 0 Å². The summed E-state index contributed by atoms with van der Waals surface area (Å²) in [7, 11) is 1.50. The molecular weight excluding hydrogens is 376 g/mol. The summed E-state index contributed by atoms with van der Waals surface area (Å²) in [4.78, 5) is 46.2. The van der Waals surface area contributed by atoms with Crippen molar-refractivity contribution in [1.29, 1.82) is 0 Å². The van der Waals surface area contributed by atoms with Gasteiger partial charge in [-0.25, -0.2) is 0 Å². The predicted molar refractivity (Wildman–Crippen MR) is 98.1 cm³/mol. The fourth-order valence-electron chi connectivity index (χ4n) is 2.37. The second-order valence-corrected chi connectivity index (χ2v) is 5.91. The Hall–Kier alpha value is -2.28. The summed E-state index contributed by atoms with van der Waals surface area (Å²) >= 11 is 0. The molecule has 0 bridgehead atoms. The first kappa shape index (κ1) is 25.7. The number of nitrogens with one attached hydrogen (secondary N) is 3. The Morgan fingerprint density at radius 2 is 1.46 bits per heavy atom. The molecule has 12 heteroatoms. The topological polar surface area (TPSA) is 178 Å². The zero-order valence-corrected chi connectivity index (χ0v) is 16.0. The molecular formula is C16H30N4O8. The molecule has 0 fully saturated rings. The maximum Gasteiger partial charge on any atom is 0.320 e. The van der Waals surface area contributed by atoms with Crippen LogP contribution < -0.4 is 16.0 Å². The minimum atomic E-state index is -1.11. The smallest absolute Gasteiger partial charge is 0.320 e. The van der Waals surface area contributed by atoms with Crippen LogP contribution in [0.2, 0.25) is 0 Å². The molecule has 162 valence electrons. The van der Waals surface area contributed by atoms with Crippen molar-refractivity contribution in [3.8, 4) is 0 Å². The van der Waals surface area contributed by atoms with Crippen LogP contribution in [-0.2, 0) is 23.9 Å². The van der Waals surface area contributed by atoms with E-state index in [2.05, 4.69) is 16.0 Å².